The van der Waals surface area contributed by atoms with E-state index < -0.39 is 25.2 Å². The predicted octanol–water partition coefficient (Wildman–Crippen LogP) is -0.830. The summed E-state index contributed by atoms with van der Waals surface area (Å²) >= 11 is 0. The van der Waals surface area contributed by atoms with Crippen LogP contribution in [0, 0.1) is 0 Å². The van der Waals surface area contributed by atoms with E-state index in [-0.39, 0.29) is 16.5 Å². The van der Waals surface area contributed by atoms with E-state index in [0.29, 0.717) is 0 Å². The van der Waals surface area contributed by atoms with Crippen LogP contribution in [0.2, 0.25) is 0 Å². The fourth-order valence-electron chi connectivity index (χ4n) is 0.226. The molecular formula is C4H6NiO5. The van der Waals surface area contributed by atoms with E-state index in [9.17, 15) is 9.59 Å². The van der Waals surface area contributed by atoms with Crippen molar-refractivity contribution in [2.24, 2.45) is 0 Å². The Hall–Kier alpha value is -0.606. The van der Waals surface area contributed by atoms with Gasteiger partial charge >= 0.3 is 11.9 Å². The van der Waals surface area contributed by atoms with Crippen molar-refractivity contribution in [1.29, 1.82) is 0 Å². The summed E-state index contributed by atoms with van der Waals surface area (Å²) in [5.41, 5.74) is 0. The summed E-state index contributed by atoms with van der Waals surface area (Å²) in [6.45, 7) is -1.13. The first kappa shape index (κ1) is 12.1. The molecule has 0 rings (SSSR count). The number of ether oxygens (including phenoxy) is 1. The summed E-state index contributed by atoms with van der Waals surface area (Å²) in [6, 6.07) is 0. The van der Waals surface area contributed by atoms with E-state index in [2.05, 4.69) is 4.74 Å². The average Bonchev–Trinajstić information content (AvgIpc) is 1.63. The summed E-state index contributed by atoms with van der Waals surface area (Å²) in [7, 11) is 0. The molecule has 0 spiro atoms. The molecule has 0 aliphatic carbocycles. The van der Waals surface area contributed by atoms with Gasteiger partial charge in [0.2, 0.25) is 0 Å². The second-order valence-corrected chi connectivity index (χ2v) is 1.28. The third-order valence-electron chi connectivity index (χ3n) is 0.451. The van der Waals surface area contributed by atoms with E-state index in [4.69, 9.17) is 10.2 Å². The Kier molecular flexibility index (Phi) is 7.88. The molecule has 0 unspecified atom stereocenters. The maximum atomic E-state index is 9.66. The van der Waals surface area contributed by atoms with Crippen LogP contribution < -0.4 is 0 Å². The van der Waals surface area contributed by atoms with Crippen LogP contribution in [0.5, 0.6) is 0 Å². The van der Waals surface area contributed by atoms with E-state index >= 15 is 0 Å². The van der Waals surface area contributed by atoms with Crippen molar-refractivity contribution in [1.82, 2.24) is 0 Å². The van der Waals surface area contributed by atoms with Crippen LogP contribution >= 0.6 is 0 Å². The third kappa shape index (κ3) is 10.4. The van der Waals surface area contributed by atoms with Gasteiger partial charge in [0.25, 0.3) is 0 Å². The minimum Gasteiger partial charge on any atom is -0.480 e. The average molecular weight is 193 g/mol. The second kappa shape index (κ2) is 6.51. The quantitative estimate of drug-likeness (QED) is 0.569. The summed E-state index contributed by atoms with van der Waals surface area (Å²) in [4.78, 5) is 19.3. The molecule has 2 N–H and O–H groups in total. The molecule has 0 saturated heterocycles. The molecule has 62 valence electrons. The molecule has 0 aromatic heterocycles. The number of carboxylic acid groups (broad SMARTS) is 2. The third-order valence-corrected chi connectivity index (χ3v) is 0.451. The molecule has 5 nitrogen and oxygen atoms in total. The summed E-state index contributed by atoms with van der Waals surface area (Å²) in [5.74, 6) is -2.34. The number of hydrogen-bond donors (Lipinski definition) is 2. The number of rotatable bonds is 4. The largest absolute Gasteiger partial charge is 0.480 e. The van der Waals surface area contributed by atoms with E-state index in [1.54, 1.807) is 0 Å². The molecule has 0 atom stereocenters. The maximum absolute atomic E-state index is 9.66. The van der Waals surface area contributed by atoms with Gasteiger partial charge in [0.15, 0.2) is 0 Å². The number of aliphatic carboxylic acids is 2. The Bertz CT molecular complexity index is 109. The monoisotopic (exact) mass is 192 g/mol. The van der Waals surface area contributed by atoms with Crippen molar-refractivity contribution in [3.63, 3.8) is 0 Å². The Balaban J connectivity index is 0. The first-order valence-corrected chi connectivity index (χ1v) is 2.14. The van der Waals surface area contributed by atoms with Crippen LogP contribution in [-0.2, 0) is 30.8 Å². The van der Waals surface area contributed by atoms with Gasteiger partial charge < -0.3 is 14.9 Å². The normalized spacial score (nSPS) is 8.00. The van der Waals surface area contributed by atoms with Crippen molar-refractivity contribution in [2.75, 3.05) is 13.2 Å². The van der Waals surface area contributed by atoms with Crippen LogP contribution in [0.25, 0.3) is 0 Å². The van der Waals surface area contributed by atoms with Gasteiger partial charge in [-0.2, -0.15) is 0 Å². The van der Waals surface area contributed by atoms with Crippen molar-refractivity contribution in [3.8, 4) is 0 Å². The minimum absolute atomic E-state index is 0. The molecule has 0 amide bonds. The Morgan fingerprint density at radius 1 is 1.10 bits per heavy atom. The number of carbonyl (C=O) groups is 2. The van der Waals surface area contributed by atoms with Crippen LogP contribution in [0.4, 0.5) is 0 Å². The van der Waals surface area contributed by atoms with Gasteiger partial charge in [0.1, 0.15) is 13.2 Å². The summed E-state index contributed by atoms with van der Waals surface area (Å²) in [5, 5.41) is 15.8. The van der Waals surface area contributed by atoms with Gasteiger partial charge in [-0.1, -0.05) is 0 Å². The minimum atomic E-state index is -1.17. The van der Waals surface area contributed by atoms with Crippen LogP contribution in [0.3, 0.4) is 0 Å². The molecule has 0 bridgehead atoms. The topological polar surface area (TPSA) is 83.8 Å². The first-order chi connectivity index (χ1) is 4.13. The van der Waals surface area contributed by atoms with E-state index in [1.165, 1.54) is 0 Å². The van der Waals surface area contributed by atoms with Crippen LogP contribution in [0.15, 0.2) is 0 Å². The molecule has 6 heteroatoms. The summed E-state index contributed by atoms with van der Waals surface area (Å²) < 4.78 is 4.16. The predicted molar refractivity (Wildman–Crippen MR) is 26.1 cm³/mol. The van der Waals surface area contributed by atoms with E-state index in [1.807, 2.05) is 0 Å². The second-order valence-electron chi connectivity index (χ2n) is 1.28. The SMILES string of the molecule is O=C(O)COCC(=O)O.[Ni]. The fraction of sp³-hybridized carbons (Fsp3) is 0.500. The van der Waals surface area contributed by atoms with Crippen LogP contribution in [0.1, 0.15) is 0 Å². The zero-order chi connectivity index (χ0) is 7.28. The molecule has 0 aromatic rings. The zero-order valence-corrected chi connectivity index (χ0v) is 5.84. The number of hydrogen-bond acceptors (Lipinski definition) is 3. The molecule has 0 heterocycles. The van der Waals surface area contributed by atoms with E-state index in [0.717, 1.165) is 0 Å². The molecular weight excluding hydrogens is 187 g/mol. The van der Waals surface area contributed by atoms with Gasteiger partial charge in [0, 0.05) is 16.5 Å². The number of carboxylic acids is 2. The van der Waals surface area contributed by atoms with Crippen molar-refractivity contribution >= 4 is 11.9 Å². The van der Waals surface area contributed by atoms with Crippen LogP contribution in [-0.4, -0.2) is 35.4 Å². The van der Waals surface area contributed by atoms with Gasteiger partial charge in [-0.15, -0.1) is 0 Å². The van der Waals surface area contributed by atoms with Gasteiger partial charge in [0.05, 0.1) is 0 Å². The Morgan fingerprint density at radius 3 is 1.60 bits per heavy atom. The molecule has 0 aliphatic heterocycles. The smallest absolute Gasteiger partial charge is 0.329 e. The Labute approximate surface area is 66.9 Å². The van der Waals surface area contributed by atoms with Crippen molar-refractivity contribution < 1.29 is 41.0 Å². The first-order valence-electron chi connectivity index (χ1n) is 2.14. The molecule has 0 saturated carbocycles. The van der Waals surface area contributed by atoms with Gasteiger partial charge in [-0.3, -0.25) is 0 Å². The molecule has 0 aromatic carbocycles. The van der Waals surface area contributed by atoms with Crippen molar-refractivity contribution in [2.45, 2.75) is 0 Å². The van der Waals surface area contributed by atoms with Crippen molar-refractivity contribution in [3.05, 3.63) is 0 Å². The zero-order valence-electron chi connectivity index (χ0n) is 4.85. The Morgan fingerprint density at radius 2 is 1.40 bits per heavy atom. The summed E-state index contributed by atoms with van der Waals surface area (Å²) in [6.07, 6.45) is 0. The maximum Gasteiger partial charge on any atom is 0.329 e. The molecule has 10 heavy (non-hydrogen) atoms. The van der Waals surface area contributed by atoms with Gasteiger partial charge in [-0.25, -0.2) is 9.59 Å². The van der Waals surface area contributed by atoms with Gasteiger partial charge in [-0.05, 0) is 0 Å². The molecule has 0 fully saturated rings. The standard InChI is InChI=1S/C4H6O5.Ni/c5-3(6)1-9-2-4(7)8;/h1-2H2,(H,5,6)(H,7,8);. The molecule has 0 radical (unpaired) electrons. The fourth-order valence-corrected chi connectivity index (χ4v) is 0.226. The molecule has 0 aliphatic rings.